The molecule has 0 saturated heterocycles. The first-order chi connectivity index (χ1) is 12.0. The van der Waals surface area contributed by atoms with Gasteiger partial charge in [-0.15, -0.1) is 0 Å². The number of hydrogen-bond acceptors (Lipinski definition) is 4. The molecule has 126 valence electrons. The molecule has 0 radical (unpaired) electrons. The van der Waals surface area contributed by atoms with Gasteiger partial charge in [0.15, 0.2) is 0 Å². The maximum atomic E-state index is 12.3. The minimum atomic E-state index is -0.581. The van der Waals surface area contributed by atoms with Gasteiger partial charge in [0, 0.05) is 29.5 Å². The van der Waals surface area contributed by atoms with Gasteiger partial charge in [-0.1, -0.05) is 35.3 Å². The highest BCUT2D eigenvalue weighted by atomic mass is 35.5. The normalized spacial score (nSPS) is 10.5. The quantitative estimate of drug-likeness (QED) is 0.734. The molecular formula is C17H12Cl2N4O2. The molecule has 0 aliphatic rings. The van der Waals surface area contributed by atoms with Crippen LogP contribution < -0.4 is 10.9 Å². The molecule has 2 aromatic heterocycles. The SMILES string of the molecule is O=C(NCc1ccc(Cl)cc1)c1cc(-c2ccncc2Cl)n[nH]c1=O. The summed E-state index contributed by atoms with van der Waals surface area (Å²) in [6, 6.07) is 10.1. The third kappa shape index (κ3) is 4.04. The van der Waals surface area contributed by atoms with Crippen LogP contribution in [0, 0.1) is 0 Å². The van der Waals surface area contributed by atoms with E-state index in [0.29, 0.717) is 21.3 Å². The van der Waals surface area contributed by atoms with Crippen LogP contribution in [-0.2, 0) is 6.54 Å². The Bertz CT molecular complexity index is 971. The maximum Gasteiger partial charge on any atom is 0.277 e. The van der Waals surface area contributed by atoms with E-state index >= 15 is 0 Å². The first-order valence-electron chi connectivity index (χ1n) is 7.27. The van der Waals surface area contributed by atoms with E-state index in [0.717, 1.165) is 5.56 Å². The van der Waals surface area contributed by atoms with Gasteiger partial charge < -0.3 is 5.32 Å². The van der Waals surface area contributed by atoms with Crippen LogP contribution in [-0.4, -0.2) is 21.1 Å². The summed E-state index contributed by atoms with van der Waals surface area (Å²) in [5.41, 5.74) is 1.18. The number of carbonyl (C=O) groups excluding carboxylic acids is 1. The van der Waals surface area contributed by atoms with Crippen LogP contribution in [0.15, 0.2) is 53.6 Å². The Balaban J connectivity index is 1.82. The van der Waals surface area contributed by atoms with Gasteiger partial charge in [-0.2, -0.15) is 5.10 Å². The molecule has 0 saturated carbocycles. The number of amides is 1. The van der Waals surface area contributed by atoms with E-state index < -0.39 is 11.5 Å². The zero-order valence-corrected chi connectivity index (χ0v) is 14.3. The maximum absolute atomic E-state index is 12.3. The summed E-state index contributed by atoms with van der Waals surface area (Å²) in [5.74, 6) is -0.509. The number of benzene rings is 1. The minimum absolute atomic E-state index is 0.0492. The Kier molecular flexibility index (Phi) is 5.11. The molecule has 8 heteroatoms. The summed E-state index contributed by atoms with van der Waals surface area (Å²) < 4.78 is 0. The second kappa shape index (κ2) is 7.46. The van der Waals surface area contributed by atoms with Crippen LogP contribution in [0.4, 0.5) is 0 Å². The van der Waals surface area contributed by atoms with Crippen LogP contribution in [0.1, 0.15) is 15.9 Å². The summed E-state index contributed by atoms with van der Waals surface area (Å²) in [6.45, 7) is 0.267. The van der Waals surface area contributed by atoms with Gasteiger partial charge in [0.1, 0.15) is 5.56 Å². The molecule has 0 atom stereocenters. The summed E-state index contributed by atoms with van der Waals surface area (Å²) in [5, 5.41) is 9.93. The smallest absolute Gasteiger partial charge is 0.277 e. The molecule has 3 aromatic rings. The van der Waals surface area contributed by atoms with E-state index in [1.807, 2.05) is 0 Å². The average Bonchev–Trinajstić information content (AvgIpc) is 2.62. The largest absolute Gasteiger partial charge is 0.348 e. The zero-order chi connectivity index (χ0) is 17.8. The fraction of sp³-hybridized carbons (Fsp3) is 0.0588. The van der Waals surface area contributed by atoms with Crippen LogP contribution in [0.3, 0.4) is 0 Å². The highest BCUT2D eigenvalue weighted by molar-refractivity contribution is 6.33. The monoisotopic (exact) mass is 374 g/mol. The Hall–Kier alpha value is -2.70. The highest BCUT2D eigenvalue weighted by Crippen LogP contribution is 2.24. The molecule has 25 heavy (non-hydrogen) atoms. The number of pyridine rings is 1. The van der Waals surface area contributed by atoms with Crippen LogP contribution >= 0.6 is 23.2 Å². The average molecular weight is 375 g/mol. The fourth-order valence-corrected chi connectivity index (χ4v) is 2.52. The first-order valence-corrected chi connectivity index (χ1v) is 8.02. The number of aromatic amines is 1. The molecule has 0 aliphatic heterocycles. The van der Waals surface area contributed by atoms with Gasteiger partial charge in [-0.3, -0.25) is 14.6 Å². The Labute approximate surface area is 152 Å². The molecular weight excluding hydrogens is 363 g/mol. The van der Waals surface area contributed by atoms with E-state index in [2.05, 4.69) is 20.5 Å². The van der Waals surface area contributed by atoms with Crippen molar-refractivity contribution in [2.45, 2.75) is 6.54 Å². The van der Waals surface area contributed by atoms with Gasteiger partial charge in [0.25, 0.3) is 11.5 Å². The van der Waals surface area contributed by atoms with Crippen molar-refractivity contribution >= 4 is 29.1 Å². The number of nitrogens with one attached hydrogen (secondary N) is 2. The molecule has 2 heterocycles. The van der Waals surface area contributed by atoms with Crippen molar-refractivity contribution in [1.29, 1.82) is 0 Å². The lowest BCUT2D eigenvalue weighted by atomic mass is 10.1. The second-order valence-electron chi connectivity index (χ2n) is 5.16. The van der Waals surface area contributed by atoms with Crippen LogP contribution in [0.2, 0.25) is 10.0 Å². The summed E-state index contributed by atoms with van der Waals surface area (Å²) in [6.07, 6.45) is 3.01. The Morgan fingerprint density at radius 2 is 1.92 bits per heavy atom. The van der Waals surface area contributed by atoms with E-state index in [4.69, 9.17) is 23.2 Å². The van der Waals surface area contributed by atoms with E-state index in [-0.39, 0.29) is 12.1 Å². The van der Waals surface area contributed by atoms with Crippen LogP contribution in [0.5, 0.6) is 0 Å². The second-order valence-corrected chi connectivity index (χ2v) is 6.00. The van der Waals surface area contributed by atoms with Gasteiger partial charge in [0.2, 0.25) is 0 Å². The highest BCUT2D eigenvalue weighted by Gasteiger charge is 2.14. The van der Waals surface area contributed by atoms with Gasteiger partial charge >= 0.3 is 0 Å². The number of rotatable bonds is 4. The van der Waals surface area contributed by atoms with Gasteiger partial charge in [-0.05, 0) is 29.8 Å². The Morgan fingerprint density at radius 1 is 1.16 bits per heavy atom. The van der Waals surface area contributed by atoms with Crippen molar-refractivity contribution < 1.29 is 4.79 Å². The van der Waals surface area contributed by atoms with Crippen molar-refractivity contribution in [1.82, 2.24) is 20.5 Å². The summed E-state index contributed by atoms with van der Waals surface area (Å²) in [4.78, 5) is 28.2. The lowest BCUT2D eigenvalue weighted by Crippen LogP contribution is -2.29. The minimum Gasteiger partial charge on any atom is -0.348 e. The van der Waals surface area contributed by atoms with E-state index in [9.17, 15) is 9.59 Å². The molecule has 1 amide bonds. The lowest BCUT2D eigenvalue weighted by Gasteiger charge is -2.07. The van der Waals surface area contributed by atoms with Crippen molar-refractivity contribution in [2.24, 2.45) is 0 Å². The number of aromatic nitrogens is 3. The summed E-state index contributed by atoms with van der Waals surface area (Å²) in [7, 11) is 0. The molecule has 0 unspecified atom stereocenters. The van der Waals surface area contributed by atoms with Crippen LogP contribution in [0.25, 0.3) is 11.3 Å². The molecule has 3 rings (SSSR count). The van der Waals surface area contributed by atoms with E-state index in [1.165, 1.54) is 12.3 Å². The molecule has 0 spiro atoms. The third-order valence-electron chi connectivity index (χ3n) is 3.46. The zero-order valence-electron chi connectivity index (χ0n) is 12.8. The molecule has 0 fully saturated rings. The predicted octanol–water partition coefficient (Wildman–Crippen LogP) is 3.07. The fourth-order valence-electron chi connectivity index (χ4n) is 2.18. The van der Waals surface area contributed by atoms with Crippen molar-refractivity contribution in [3.63, 3.8) is 0 Å². The first kappa shape index (κ1) is 17.1. The van der Waals surface area contributed by atoms with Crippen molar-refractivity contribution in [2.75, 3.05) is 0 Å². The predicted molar refractivity (Wildman–Crippen MR) is 95.7 cm³/mol. The topological polar surface area (TPSA) is 87.7 Å². The third-order valence-corrected chi connectivity index (χ3v) is 4.02. The van der Waals surface area contributed by atoms with Crippen molar-refractivity contribution in [3.8, 4) is 11.3 Å². The molecule has 6 nitrogen and oxygen atoms in total. The van der Waals surface area contributed by atoms with E-state index in [1.54, 1.807) is 36.5 Å². The number of halogens is 2. The number of hydrogen-bond donors (Lipinski definition) is 2. The number of carbonyl (C=O) groups is 1. The van der Waals surface area contributed by atoms with Gasteiger partial charge in [0.05, 0.1) is 10.7 Å². The van der Waals surface area contributed by atoms with Crippen molar-refractivity contribution in [3.05, 3.63) is 80.3 Å². The lowest BCUT2D eigenvalue weighted by molar-refractivity contribution is 0.0949. The number of nitrogens with zero attached hydrogens (tertiary/aromatic N) is 2. The molecule has 1 aromatic carbocycles. The molecule has 0 aliphatic carbocycles. The number of H-pyrrole nitrogens is 1. The standard InChI is InChI=1S/C17H12Cl2N4O2/c18-11-3-1-10(2-4-11)8-21-16(24)13-7-15(22-23-17(13)25)12-5-6-20-9-14(12)19/h1-7,9H,8H2,(H,21,24)(H,23,25). The molecule has 0 bridgehead atoms. The molecule has 2 N–H and O–H groups in total. The Morgan fingerprint density at radius 3 is 2.64 bits per heavy atom. The van der Waals surface area contributed by atoms with Gasteiger partial charge in [-0.25, -0.2) is 5.10 Å². The summed E-state index contributed by atoms with van der Waals surface area (Å²) >= 11 is 11.9.